The van der Waals surface area contributed by atoms with E-state index in [1.807, 2.05) is 54.1 Å². The zero-order chi connectivity index (χ0) is 18.1. The molecule has 4 aromatic rings. The monoisotopic (exact) mass is 365 g/mol. The zero-order valence-electron chi connectivity index (χ0n) is 14.1. The normalized spacial score (nSPS) is 11.0. The first-order valence-corrected chi connectivity index (χ1v) is 8.54. The summed E-state index contributed by atoms with van der Waals surface area (Å²) < 4.78 is 7.63. The summed E-state index contributed by atoms with van der Waals surface area (Å²) in [7, 11) is 1.93. The lowest BCUT2D eigenvalue weighted by molar-refractivity contribution is 0.0922. The number of aromatic nitrogens is 2. The Morgan fingerprint density at radius 2 is 1.88 bits per heavy atom. The highest BCUT2D eigenvalue weighted by molar-refractivity contribution is 6.33. The van der Waals surface area contributed by atoms with Crippen molar-refractivity contribution in [3.63, 3.8) is 0 Å². The number of amides is 1. The number of carbonyl (C=O) groups excluding carboxylic acids is 1. The Morgan fingerprint density at radius 1 is 1.12 bits per heavy atom. The molecule has 0 fully saturated rings. The lowest BCUT2D eigenvalue weighted by Gasteiger charge is -2.04. The second kappa shape index (κ2) is 6.69. The third-order valence-corrected chi connectivity index (χ3v) is 4.59. The summed E-state index contributed by atoms with van der Waals surface area (Å²) in [6.45, 7) is 0.312. The molecule has 2 aromatic heterocycles. The van der Waals surface area contributed by atoms with Crippen LogP contribution in [0.4, 0.5) is 0 Å². The molecule has 4 rings (SSSR count). The molecule has 1 N–H and O–H groups in total. The number of halogens is 1. The Hall–Kier alpha value is -3.05. The smallest absolute Gasteiger partial charge is 0.287 e. The van der Waals surface area contributed by atoms with E-state index in [0.29, 0.717) is 17.3 Å². The van der Waals surface area contributed by atoms with Crippen LogP contribution in [0, 0.1) is 0 Å². The number of para-hydroxylation sites is 2. The molecule has 6 heteroatoms. The molecule has 0 radical (unpaired) electrons. The molecule has 0 aliphatic heterocycles. The lowest BCUT2D eigenvalue weighted by atomic mass is 10.2. The van der Waals surface area contributed by atoms with E-state index < -0.39 is 0 Å². The van der Waals surface area contributed by atoms with E-state index in [1.54, 1.807) is 18.2 Å². The minimum Gasteiger partial charge on any atom is -0.451 e. The highest BCUT2D eigenvalue weighted by Gasteiger charge is 2.15. The van der Waals surface area contributed by atoms with Crippen molar-refractivity contribution in [1.29, 1.82) is 0 Å². The van der Waals surface area contributed by atoms with Gasteiger partial charge in [0, 0.05) is 12.6 Å². The third kappa shape index (κ3) is 2.97. The van der Waals surface area contributed by atoms with E-state index in [0.717, 1.165) is 22.4 Å². The van der Waals surface area contributed by atoms with Gasteiger partial charge in [-0.3, -0.25) is 4.79 Å². The van der Waals surface area contributed by atoms with Gasteiger partial charge in [0.2, 0.25) is 0 Å². The summed E-state index contributed by atoms with van der Waals surface area (Å²) in [5.41, 5.74) is 2.68. The molecule has 0 saturated heterocycles. The minimum absolute atomic E-state index is 0.235. The molecule has 26 heavy (non-hydrogen) atoms. The number of fused-ring (bicyclic) bond motifs is 1. The van der Waals surface area contributed by atoms with Gasteiger partial charge in [0.25, 0.3) is 5.91 Å². The first-order chi connectivity index (χ1) is 12.6. The molecular formula is C20H16ClN3O2. The molecule has 130 valence electrons. The largest absolute Gasteiger partial charge is 0.451 e. The quantitative estimate of drug-likeness (QED) is 0.582. The van der Waals surface area contributed by atoms with Gasteiger partial charge in [-0.05, 0) is 36.4 Å². The predicted octanol–water partition coefficient (Wildman–Crippen LogP) is 4.42. The number of benzene rings is 2. The average Bonchev–Trinajstić information content (AvgIpc) is 3.26. The third-order valence-electron chi connectivity index (χ3n) is 4.26. The van der Waals surface area contributed by atoms with Gasteiger partial charge in [-0.15, -0.1) is 0 Å². The second-order valence-electron chi connectivity index (χ2n) is 5.90. The topological polar surface area (TPSA) is 60.1 Å². The molecule has 5 nitrogen and oxygen atoms in total. The fourth-order valence-electron chi connectivity index (χ4n) is 2.87. The fraction of sp³-hybridized carbons (Fsp3) is 0.100. The molecule has 0 spiro atoms. The van der Waals surface area contributed by atoms with E-state index in [-0.39, 0.29) is 11.7 Å². The van der Waals surface area contributed by atoms with E-state index in [9.17, 15) is 4.79 Å². The summed E-state index contributed by atoms with van der Waals surface area (Å²) in [6.07, 6.45) is 0. The number of aryl methyl sites for hydroxylation is 1. The molecule has 0 aliphatic carbocycles. The molecule has 1 amide bonds. The molecule has 0 atom stereocenters. The average molecular weight is 366 g/mol. The van der Waals surface area contributed by atoms with E-state index >= 15 is 0 Å². The number of imidazole rings is 1. The van der Waals surface area contributed by atoms with Crippen LogP contribution in [-0.2, 0) is 13.6 Å². The van der Waals surface area contributed by atoms with Crippen LogP contribution >= 0.6 is 11.6 Å². The van der Waals surface area contributed by atoms with Gasteiger partial charge in [0.1, 0.15) is 11.6 Å². The Balaban J connectivity index is 1.50. The molecule has 0 bridgehead atoms. The van der Waals surface area contributed by atoms with Crippen LogP contribution in [0.5, 0.6) is 0 Å². The van der Waals surface area contributed by atoms with Crippen LogP contribution in [0.15, 0.2) is 65.1 Å². The molecule has 2 aromatic carbocycles. The number of rotatable bonds is 4. The van der Waals surface area contributed by atoms with E-state index in [2.05, 4.69) is 10.3 Å². The lowest BCUT2D eigenvalue weighted by Crippen LogP contribution is -2.23. The van der Waals surface area contributed by atoms with Crippen molar-refractivity contribution in [2.45, 2.75) is 6.54 Å². The number of carbonyl (C=O) groups is 1. The second-order valence-corrected chi connectivity index (χ2v) is 6.31. The summed E-state index contributed by atoms with van der Waals surface area (Å²) in [4.78, 5) is 16.9. The maximum Gasteiger partial charge on any atom is 0.287 e. The SMILES string of the molecule is Cn1c(CNC(=O)c2ccc(-c3ccccc3Cl)o2)nc2ccccc21. The van der Waals surface area contributed by atoms with Gasteiger partial charge < -0.3 is 14.3 Å². The van der Waals surface area contributed by atoms with Crippen molar-refractivity contribution >= 4 is 28.5 Å². The van der Waals surface area contributed by atoms with Crippen molar-refractivity contribution < 1.29 is 9.21 Å². The van der Waals surface area contributed by atoms with Gasteiger partial charge in [0.15, 0.2) is 5.76 Å². The maximum atomic E-state index is 12.4. The molecule has 0 aliphatic rings. The maximum absolute atomic E-state index is 12.4. The Kier molecular flexibility index (Phi) is 4.22. The molecule has 0 unspecified atom stereocenters. The Bertz CT molecular complexity index is 1100. The van der Waals surface area contributed by atoms with Crippen molar-refractivity contribution in [3.05, 3.63) is 77.3 Å². The molecule has 2 heterocycles. The number of hydrogen-bond donors (Lipinski definition) is 1. The van der Waals surface area contributed by atoms with Crippen molar-refractivity contribution in [2.24, 2.45) is 7.05 Å². The van der Waals surface area contributed by atoms with E-state index in [1.165, 1.54) is 0 Å². The Labute approximate surface area is 155 Å². The van der Waals surface area contributed by atoms with E-state index in [4.69, 9.17) is 16.0 Å². The van der Waals surface area contributed by atoms with Crippen LogP contribution in [0.2, 0.25) is 5.02 Å². The summed E-state index contributed by atoms with van der Waals surface area (Å²) in [5, 5.41) is 3.42. The van der Waals surface area contributed by atoms with Gasteiger partial charge in [-0.25, -0.2) is 4.98 Å². The van der Waals surface area contributed by atoms with Crippen LogP contribution < -0.4 is 5.32 Å². The van der Waals surface area contributed by atoms with Gasteiger partial charge >= 0.3 is 0 Å². The number of nitrogens with zero attached hydrogens (tertiary/aromatic N) is 2. The first-order valence-electron chi connectivity index (χ1n) is 8.17. The highest BCUT2D eigenvalue weighted by atomic mass is 35.5. The standard InChI is InChI=1S/C20H16ClN3O2/c1-24-16-9-5-4-8-15(16)23-19(24)12-22-20(25)18-11-10-17(26-18)13-6-2-3-7-14(13)21/h2-11H,12H2,1H3,(H,22,25). The van der Waals surface area contributed by atoms with Crippen molar-refractivity contribution in [3.8, 4) is 11.3 Å². The summed E-state index contributed by atoms with van der Waals surface area (Å²) in [5.74, 6) is 1.27. The van der Waals surface area contributed by atoms with Crippen LogP contribution in [0.3, 0.4) is 0 Å². The molecule has 0 saturated carbocycles. The predicted molar refractivity (Wildman–Crippen MR) is 101 cm³/mol. The number of hydrogen-bond acceptors (Lipinski definition) is 3. The van der Waals surface area contributed by atoms with Gasteiger partial charge in [0.05, 0.1) is 22.6 Å². The Morgan fingerprint density at radius 3 is 2.69 bits per heavy atom. The van der Waals surface area contributed by atoms with Crippen molar-refractivity contribution in [2.75, 3.05) is 0 Å². The number of nitrogens with one attached hydrogen (secondary N) is 1. The highest BCUT2D eigenvalue weighted by Crippen LogP contribution is 2.29. The zero-order valence-corrected chi connectivity index (χ0v) is 14.8. The minimum atomic E-state index is -0.296. The van der Waals surface area contributed by atoms with Crippen molar-refractivity contribution in [1.82, 2.24) is 14.9 Å². The summed E-state index contributed by atoms with van der Waals surface area (Å²) in [6, 6.07) is 18.6. The van der Waals surface area contributed by atoms with Gasteiger partial charge in [-0.2, -0.15) is 0 Å². The summed E-state index contributed by atoms with van der Waals surface area (Å²) >= 11 is 6.17. The van der Waals surface area contributed by atoms with Crippen LogP contribution in [0.25, 0.3) is 22.4 Å². The first kappa shape index (κ1) is 16.4. The molecular weight excluding hydrogens is 350 g/mol. The fourth-order valence-corrected chi connectivity index (χ4v) is 3.09. The van der Waals surface area contributed by atoms with Crippen LogP contribution in [0.1, 0.15) is 16.4 Å². The van der Waals surface area contributed by atoms with Gasteiger partial charge in [-0.1, -0.05) is 35.9 Å². The number of furan rings is 1. The van der Waals surface area contributed by atoms with Crippen LogP contribution in [-0.4, -0.2) is 15.5 Å².